The molecule has 1 N–H and O–H groups in total. The lowest BCUT2D eigenvalue weighted by Gasteiger charge is -1.95. The Morgan fingerprint density at radius 1 is 1.64 bits per heavy atom. The van der Waals surface area contributed by atoms with Gasteiger partial charge in [0.05, 0.1) is 10.8 Å². The summed E-state index contributed by atoms with van der Waals surface area (Å²) < 4.78 is 10.8. The van der Waals surface area contributed by atoms with E-state index < -0.39 is 16.8 Å². The van der Waals surface area contributed by atoms with Crippen LogP contribution in [-0.4, -0.2) is 21.5 Å². The molecule has 0 aliphatic carbocycles. The van der Waals surface area contributed by atoms with E-state index in [1.807, 2.05) is 6.92 Å². The van der Waals surface area contributed by atoms with Crippen molar-refractivity contribution in [2.75, 3.05) is 6.26 Å². The zero-order valence-electron chi connectivity index (χ0n) is 6.66. The molecule has 0 aromatic rings. The van der Waals surface area contributed by atoms with Gasteiger partial charge in [-0.05, 0) is 6.42 Å². The highest BCUT2D eigenvalue weighted by Crippen LogP contribution is 2.02. The first-order chi connectivity index (χ1) is 5.09. The largest absolute Gasteiger partial charge is 0.477 e. The highest BCUT2D eigenvalue weighted by Gasteiger charge is 2.09. The van der Waals surface area contributed by atoms with Gasteiger partial charge in [0.15, 0.2) is 0 Å². The molecular formula is C7H12O3S. The standard InChI is InChI=1S/C7H12O3S/c1-3-4-5-6(7(8)9)11(2)10/h5H,3-4H2,1-2H3,(H,8,9). The second kappa shape index (κ2) is 5.07. The molecule has 0 saturated heterocycles. The zero-order valence-corrected chi connectivity index (χ0v) is 7.48. The van der Waals surface area contributed by atoms with E-state index in [0.29, 0.717) is 6.42 Å². The van der Waals surface area contributed by atoms with Crippen LogP contribution in [0, 0.1) is 0 Å². The van der Waals surface area contributed by atoms with Crippen LogP contribution in [0.2, 0.25) is 0 Å². The van der Waals surface area contributed by atoms with Gasteiger partial charge in [-0.25, -0.2) is 4.79 Å². The molecule has 11 heavy (non-hydrogen) atoms. The predicted octanol–water partition coefficient (Wildman–Crippen LogP) is 1.13. The summed E-state index contributed by atoms with van der Waals surface area (Å²) in [4.78, 5) is 10.4. The molecular weight excluding hydrogens is 164 g/mol. The molecule has 0 aromatic heterocycles. The van der Waals surface area contributed by atoms with Gasteiger partial charge < -0.3 is 5.11 Å². The van der Waals surface area contributed by atoms with E-state index in [9.17, 15) is 9.00 Å². The lowest BCUT2D eigenvalue weighted by atomic mass is 10.3. The van der Waals surface area contributed by atoms with Gasteiger partial charge >= 0.3 is 5.97 Å². The molecule has 4 heteroatoms. The molecule has 3 nitrogen and oxygen atoms in total. The minimum absolute atomic E-state index is 0.00634. The first-order valence-corrected chi connectivity index (χ1v) is 4.92. The van der Waals surface area contributed by atoms with Crippen molar-refractivity contribution in [2.24, 2.45) is 0 Å². The summed E-state index contributed by atoms with van der Waals surface area (Å²) in [6, 6.07) is 0. The highest BCUT2D eigenvalue weighted by molar-refractivity contribution is 7.89. The first-order valence-electron chi connectivity index (χ1n) is 3.36. The third kappa shape index (κ3) is 3.93. The maximum Gasteiger partial charge on any atom is 0.344 e. The summed E-state index contributed by atoms with van der Waals surface area (Å²) in [7, 11) is -1.37. The van der Waals surface area contributed by atoms with Gasteiger partial charge in [-0.1, -0.05) is 19.4 Å². The first kappa shape index (κ1) is 10.4. The fourth-order valence-corrected chi connectivity index (χ4v) is 1.20. The van der Waals surface area contributed by atoms with Crippen LogP contribution in [0.5, 0.6) is 0 Å². The molecule has 1 atom stereocenters. The van der Waals surface area contributed by atoms with Crippen molar-refractivity contribution >= 4 is 16.8 Å². The van der Waals surface area contributed by atoms with Crippen LogP contribution in [-0.2, 0) is 15.6 Å². The van der Waals surface area contributed by atoms with Gasteiger partial charge in [0, 0.05) is 6.26 Å². The Balaban J connectivity index is 4.33. The molecule has 0 saturated carbocycles. The lowest BCUT2D eigenvalue weighted by Crippen LogP contribution is -2.05. The quantitative estimate of drug-likeness (QED) is 0.653. The van der Waals surface area contributed by atoms with Crippen LogP contribution in [0.3, 0.4) is 0 Å². The number of aliphatic carboxylic acids is 1. The second-order valence-electron chi connectivity index (χ2n) is 2.12. The third-order valence-electron chi connectivity index (χ3n) is 1.14. The van der Waals surface area contributed by atoms with Gasteiger partial charge in [-0.3, -0.25) is 4.21 Å². The van der Waals surface area contributed by atoms with Gasteiger partial charge in [0.1, 0.15) is 4.91 Å². The van der Waals surface area contributed by atoms with Gasteiger partial charge in [0.2, 0.25) is 0 Å². The maximum absolute atomic E-state index is 10.8. The molecule has 0 aliphatic heterocycles. The third-order valence-corrected chi connectivity index (χ3v) is 2.10. The van der Waals surface area contributed by atoms with Crippen LogP contribution in [0.4, 0.5) is 0 Å². The average molecular weight is 176 g/mol. The average Bonchev–Trinajstić information content (AvgIpc) is 1.87. The van der Waals surface area contributed by atoms with Gasteiger partial charge in [0.25, 0.3) is 0 Å². The molecule has 0 rings (SSSR count). The molecule has 0 spiro atoms. The fourth-order valence-electron chi connectivity index (χ4n) is 0.603. The minimum Gasteiger partial charge on any atom is -0.477 e. The summed E-state index contributed by atoms with van der Waals surface area (Å²) in [5, 5.41) is 8.51. The van der Waals surface area contributed by atoms with E-state index in [2.05, 4.69) is 0 Å². The minimum atomic E-state index is -1.37. The van der Waals surface area contributed by atoms with E-state index >= 15 is 0 Å². The number of unbranched alkanes of at least 4 members (excludes halogenated alkanes) is 1. The van der Waals surface area contributed by atoms with Crippen molar-refractivity contribution < 1.29 is 14.1 Å². The van der Waals surface area contributed by atoms with Crippen LogP contribution in [0.1, 0.15) is 19.8 Å². The van der Waals surface area contributed by atoms with E-state index in [4.69, 9.17) is 5.11 Å². The monoisotopic (exact) mass is 176 g/mol. The molecule has 0 fully saturated rings. The van der Waals surface area contributed by atoms with E-state index in [1.165, 1.54) is 12.3 Å². The Labute approximate surface area is 68.6 Å². The normalized spacial score (nSPS) is 14.5. The van der Waals surface area contributed by atoms with Crippen LogP contribution < -0.4 is 0 Å². The van der Waals surface area contributed by atoms with Gasteiger partial charge in [-0.15, -0.1) is 0 Å². The molecule has 0 radical (unpaired) electrons. The Morgan fingerprint density at radius 2 is 2.18 bits per heavy atom. The van der Waals surface area contributed by atoms with E-state index in [1.54, 1.807) is 0 Å². The molecule has 0 bridgehead atoms. The predicted molar refractivity (Wildman–Crippen MR) is 44.7 cm³/mol. The lowest BCUT2D eigenvalue weighted by molar-refractivity contribution is -0.131. The number of carboxylic acid groups (broad SMARTS) is 1. The molecule has 64 valence electrons. The Hall–Kier alpha value is -0.640. The van der Waals surface area contributed by atoms with Crippen LogP contribution in [0.25, 0.3) is 0 Å². The molecule has 0 heterocycles. The number of rotatable bonds is 4. The van der Waals surface area contributed by atoms with Crippen molar-refractivity contribution in [1.82, 2.24) is 0 Å². The molecule has 0 amide bonds. The summed E-state index contributed by atoms with van der Waals surface area (Å²) in [5.74, 6) is -1.08. The van der Waals surface area contributed by atoms with Crippen LogP contribution in [0.15, 0.2) is 11.0 Å². The van der Waals surface area contributed by atoms with Crippen molar-refractivity contribution in [3.8, 4) is 0 Å². The van der Waals surface area contributed by atoms with Gasteiger partial charge in [-0.2, -0.15) is 0 Å². The van der Waals surface area contributed by atoms with Crippen LogP contribution >= 0.6 is 0 Å². The van der Waals surface area contributed by atoms with E-state index in [0.717, 1.165) is 6.42 Å². The van der Waals surface area contributed by atoms with Crippen molar-refractivity contribution in [3.05, 3.63) is 11.0 Å². The number of carbonyl (C=O) groups is 1. The highest BCUT2D eigenvalue weighted by atomic mass is 32.2. The number of hydrogen-bond acceptors (Lipinski definition) is 2. The zero-order chi connectivity index (χ0) is 8.85. The number of hydrogen-bond donors (Lipinski definition) is 1. The SMILES string of the molecule is CCCC=C(C(=O)O)S(C)=O. The Morgan fingerprint density at radius 3 is 2.45 bits per heavy atom. The summed E-state index contributed by atoms with van der Waals surface area (Å²) in [6.07, 6.45) is 4.42. The van der Waals surface area contributed by atoms with Crippen molar-refractivity contribution in [3.63, 3.8) is 0 Å². The molecule has 0 aliphatic rings. The smallest absolute Gasteiger partial charge is 0.344 e. The van der Waals surface area contributed by atoms with Crippen molar-refractivity contribution in [2.45, 2.75) is 19.8 Å². The Kier molecular flexibility index (Phi) is 4.77. The molecule has 0 aromatic carbocycles. The van der Waals surface area contributed by atoms with E-state index in [-0.39, 0.29) is 4.91 Å². The summed E-state index contributed by atoms with van der Waals surface area (Å²) in [6.45, 7) is 1.94. The topological polar surface area (TPSA) is 54.4 Å². The Bertz CT molecular complexity index is 180. The summed E-state index contributed by atoms with van der Waals surface area (Å²) in [5.41, 5.74) is 0. The number of allylic oxidation sites excluding steroid dienone is 1. The second-order valence-corrected chi connectivity index (χ2v) is 3.46. The molecule has 1 unspecified atom stereocenters. The number of carboxylic acids is 1. The van der Waals surface area contributed by atoms with Crippen molar-refractivity contribution in [1.29, 1.82) is 0 Å². The summed E-state index contributed by atoms with van der Waals surface area (Å²) >= 11 is 0. The maximum atomic E-state index is 10.8. The fraction of sp³-hybridized carbons (Fsp3) is 0.571.